The van der Waals surface area contributed by atoms with E-state index in [9.17, 15) is 4.79 Å². The lowest BCUT2D eigenvalue weighted by Gasteiger charge is -2.43. The van der Waals surface area contributed by atoms with Crippen LogP contribution in [0.5, 0.6) is 0 Å². The van der Waals surface area contributed by atoms with Crippen LogP contribution in [-0.4, -0.2) is 50.1 Å². The number of carbonyl (C=O) groups excluding carboxylic acids is 1. The molecule has 4 nitrogen and oxygen atoms in total. The van der Waals surface area contributed by atoms with E-state index in [0.717, 1.165) is 32.5 Å². The first-order valence-corrected chi connectivity index (χ1v) is 7.80. The van der Waals surface area contributed by atoms with Gasteiger partial charge in [0.25, 0.3) is 0 Å². The van der Waals surface area contributed by atoms with E-state index in [1.54, 1.807) is 0 Å². The number of hydrogen-bond donors (Lipinski definition) is 2. The highest BCUT2D eigenvalue weighted by Crippen LogP contribution is 2.31. The Morgan fingerprint density at radius 3 is 2.35 bits per heavy atom. The molecular formula is C15H30ClN3O. The lowest BCUT2D eigenvalue weighted by Crippen LogP contribution is -2.54. The van der Waals surface area contributed by atoms with Crippen molar-refractivity contribution >= 4 is 18.3 Å². The Hall–Kier alpha value is -0.320. The minimum absolute atomic E-state index is 0. The van der Waals surface area contributed by atoms with Crippen molar-refractivity contribution in [3.8, 4) is 0 Å². The van der Waals surface area contributed by atoms with Crippen LogP contribution in [0.4, 0.5) is 0 Å². The monoisotopic (exact) mass is 303 g/mol. The third-order valence-corrected chi connectivity index (χ3v) is 5.03. The van der Waals surface area contributed by atoms with Gasteiger partial charge in [-0.1, -0.05) is 19.3 Å². The quantitative estimate of drug-likeness (QED) is 0.832. The number of piperidine rings is 1. The van der Waals surface area contributed by atoms with Crippen LogP contribution >= 0.6 is 12.4 Å². The van der Waals surface area contributed by atoms with Crippen LogP contribution in [0.2, 0.25) is 0 Å². The van der Waals surface area contributed by atoms with Crippen molar-refractivity contribution in [3.05, 3.63) is 0 Å². The average Bonchev–Trinajstić information content (AvgIpc) is 2.46. The molecule has 0 atom stereocenters. The number of carbonyl (C=O) groups is 1. The zero-order valence-electron chi connectivity index (χ0n) is 12.9. The first-order chi connectivity index (χ1) is 9.14. The molecule has 1 saturated carbocycles. The first kappa shape index (κ1) is 17.7. The molecule has 2 N–H and O–H groups in total. The zero-order valence-corrected chi connectivity index (χ0v) is 13.7. The standard InChI is InChI=1S/C15H29N3O.ClH/c1-18(2)15(8-4-3-5-9-15)12-17-14(19)13-6-10-16-11-7-13;/h13,16H,3-12H2,1-2H3,(H,17,19);1H. The molecule has 2 aliphatic rings. The van der Waals surface area contributed by atoms with Gasteiger partial charge in [-0.15, -0.1) is 12.4 Å². The number of rotatable bonds is 4. The minimum Gasteiger partial charge on any atom is -0.354 e. The minimum atomic E-state index is 0. The summed E-state index contributed by atoms with van der Waals surface area (Å²) in [5.41, 5.74) is 0.195. The second-order valence-electron chi connectivity index (χ2n) is 6.42. The molecule has 0 bridgehead atoms. The van der Waals surface area contributed by atoms with E-state index in [0.29, 0.717) is 0 Å². The van der Waals surface area contributed by atoms with Gasteiger partial charge in [0.1, 0.15) is 0 Å². The van der Waals surface area contributed by atoms with Crippen molar-refractivity contribution in [3.63, 3.8) is 0 Å². The number of likely N-dealkylation sites (N-methyl/N-ethyl adjacent to an activating group) is 1. The summed E-state index contributed by atoms with van der Waals surface area (Å²) in [7, 11) is 4.31. The lowest BCUT2D eigenvalue weighted by molar-refractivity contribution is -0.126. The normalized spacial score (nSPS) is 23.1. The highest BCUT2D eigenvalue weighted by atomic mass is 35.5. The number of amides is 1. The van der Waals surface area contributed by atoms with Crippen LogP contribution in [0.15, 0.2) is 0 Å². The van der Waals surface area contributed by atoms with Crippen LogP contribution in [-0.2, 0) is 4.79 Å². The molecule has 5 heteroatoms. The van der Waals surface area contributed by atoms with Crippen molar-refractivity contribution in [2.75, 3.05) is 33.7 Å². The van der Waals surface area contributed by atoms with Crippen molar-refractivity contribution in [2.24, 2.45) is 5.92 Å². The summed E-state index contributed by atoms with van der Waals surface area (Å²) in [6.45, 7) is 2.79. The molecule has 1 aliphatic heterocycles. The Labute approximate surface area is 129 Å². The first-order valence-electron chi connectivity index (χ1n) is 7.80. The molecule has 0 aromatic heterocycles. The van der Waals surface area contributed by atoms with Gasteiger partial charge in [0.05, 0.1) is 0 Å². The van der Waals surface area contributed by atoms with Gasteiger partial charge in [-0.2, -0.15) is 0 Å². The van der Waals surface area contributed by atoms with E-state index >= 15 is 0 Å². The largest absolute Gasteiger partial charge is 0.354 e. The Balaban J connectivity index is 0.00000200. The number of nitrogens with one attached hydrogen (secondary N) is 2. The molecule has 0 radical (unpaired) electrons. The fraction of sp³-hybridized carbons (Fsp3) is 0.933. The summed E-state index contributed by atoms with van der Waals surface area (Å²) in [4.78, 5) is 14.6. The summed E-state index contributed by atoms with van der Waals surface area (Å²) < 4.78 is 0. The summed E-state index contributed by atoms with van der Waals surface area (Å²) in [6.07, 6.45) is 8.33. The maximum absolute atomic E-state index is 12.2. The Morgan fingerprint density at radius 1 is 1.20 bits per heavy atom. The zero-order chi connectivity index (χ0) is 13.7. The number of hydrogen-bond acceptors (Lipinski definition) is 3. The number of nitrogens with zero attached hydrogens (tertiary/aromatic N) is 1. The molecular weight excluding hydrogens is 274 g/mol. The maximum Gasteiger partial charge on any atom is 0.223 e. The fourth-order valence-corrected chi connectivity index (χ4v) is 3.47. The Kier molecular flexibility index (Phi) is 7.27. The van der Waals surface area contributed by atoms with E-state index < -0.39 is 0 Å². The molecule has 118 valence electrons. The van der Waals surface area contributed by atoms with Gasteiger partial charge in [-0.3, -0.25) is 4.79 Å². The Morgan fingerprint density at radius 2 is 1.80 bits per heavy atom. The molecule has 2 rings (SSSR count). The lowest BCUT2D eigenvalue weighted by atomic mass is 9.80. The van der Waals surface area contributed by atoms with Gasteiger partial charge in [0.15, 0.2) is 0 Å². The van der Waals surface area contributed by atoms with Crippen molar-refractivity contribution in [2.45, 2.75) is 50.5 Å². The van der Waals surface area contributed by atoms with Crippen LogP contribution in [0, 0.1) is 5.92 Å². The maximum atomic E-state index is 12.2. The van der Waals surface area contributed by atoms with E-state index in [2.05, 4.69) is 29.6 Å². The fourth-order valence-electron chi connectivity index (χ4n) is 3.47. The van der Waals surface area contributed by atoms with Gasteiger partial charge < -0.3 is 15.5 Å². The molecule has 1 amide bonds. The third-order valence-electron chi connectivity index (χ3n) is 5.03. The topological polar surface area (TPSA) is 44.4 Å². The predicted octanol–water partition coefficient (Wildman–Crippen LogP) is 1.79. The summed E-state index contributed by atoms with van der Waals surface area (Å²) in [5, 5.41) is 6.55. The molecule has 0 spiro atoms. The molecule has 2 fully saturated rings. The predicted molar refractivity (Wildman–Crippen MR) is 85.4 cm³/mol. The molecule has 0 aromatic carbocycles. The highest BCUT2D eigenvalue weighted by Gasteiger charge is 2.35. The highest BCUT2D eigenvalue weighted by molar-refractivity contribution is 5.85. The molecule has 0 aromatic rings. The van der Waals surface area contributed by atoms with Gasteiger partial charge in [-0.05, 0) is 52.9 Å². The smallest absolute Gasteiger partial charge is 0.223 e. The van der Waals surface area contributed by atoms with E-state index in [4.69, 9.17) is 0 Å². The van der Waals surface area contributed by atoms with Crippen LogP contribution in [0.25, 0.3) is 0 Å². The molecule has 1 saturated heterocycles. The van der Waals surface area contributed by atoms with Gasteiger partial charge in [0, 0.05) is 18.0 Å². The van der Waals surface area contributed by atoms with Gasteiger partial charge >= 0.3 is 0 Å². The van der Waals surface area contributed by atoms with Crippen LogP contribution in [0.1, 0.15) is 44.9 Å². The Bertz CT molecular complexity index is 297. The van der Waals surface area contributed by atoms with Crippen molar-refractivity contribution in [1.82, 2.24) is 15.5 Å². The van der Waals surface area contributed by atoms with Crippen molar-refractivity contribution in [1.29, 1.82) is 0 Å². The van der Waals surface area contributed by atoms with E-state index in [-0.39, 0.29) is 29.8 Å². The second-order valence-corrected chi connectivity index (χ2v) is 6.42. The van der Waals surface area contributed by atoms with E-state index in [1.807, 2.05) is 0 Å². The van der Waals surface area contributed by atoms with Gasteiger partial charge in [0.2, 0.25) is 5.91 Å². The second kappa shape index (κ2) is 8.20. The third kappa shape index (κ3) is 4.34. The number of halogens is 1. The summed E-state index contributed by atoms with van der Waals surface area (Å²) in [6, 6.07) is 0. The van der Waals surface area contributed by atoms with Gasteiger partial charge in [-0.25, -0.2) is 0 Å². The van der Waals surface area contributed by atoms with Crippen LogP contribution < -0.4 is 10.6 Å². The SMILES string of the molecule is CN(C)C1(CNC(=O)C2CCNCC2)CCCCC1.Cl. The van der Waals surface area contributed by atoms with Crippen molar-refractivity contribution < 1.29 is 4.79 Å². The molecule has 1 aliphatic carbocycles. The average molecular weight is 304 g/mol. The summed E-state index contributed by atoms with van der Waals surface area (Å²) >= 11 is 0. The molecule has 20 heavy (non-hydrogen) atoms. The molecule has 0 unspecified atom stereocenters. The van der Waals surface area contributed by atoms with E-state index in [1.165, 1.54) is 32.1 Å². The molecule has 1 heterocycles. The van der Waals surface area contributed by atoms with Crippen LogP contribution in [0.3, 0.4) is 0 Å². The summed E-state index contributed by atoms with van der Waals surface area (Å²) in [5.74, 6) is 0.498.